The summed E-state index contributed by atoms with van der Waals surface area (Å²) in [5.41, 5.74) is 5.42. The van der Waals surface area contributed by atoms with E-state index in [1.165, 1.54) is 16.7 Å². The number of rotatable bonds is 2. The molecule has 0 N–H and O–H groups in total. The first kappa shape index (κ1) is 17.7. The maximum Gasteiger partial charge on any atom is 0.496 e. The van der Waals surface area contributed by atoms with Gasteiger partial charge in [-0.05, 0) is 68.7 Å². The van der Waals surface area contributed by atoms with Crippen LogP contribution in [-0.2, 0) is 9.31 Å². The van der Waals surface area contributed by atoms with Crippen LogP contribution in [0.3, 0.4) is 0 Å². The standard InChI is InChI=1S/C25H26BNO2/c1-24(2)25(3,4)29-26(28-24)17-8-12-22(27-14-17)16-7-11-20-21(13-16)15-5-9-18-19(10-6-15)23(18)20/h5-15,18-19,23H,1-4H3. The molecular formula is C25H26BNO2. The fourth-order valence-electron chi connectivity index (χ4n) is 5.06. The van der Waals surface area contributed by atoms with Gasteiger partial charge in [-0.25, -0.2) is 0 Å². The van der Waals surface area contributed by atoms with Gasteiger partial charge in [0.25, 0.3) is 0 Å². The zero-order valence-corrected chi connectivity index (χ0v) is 17.4. The quantitative estimate of drug-likeness (QED) is 0.561. The summed E-state index contributed by atoms with van der Waals surface area (Å²) in [7, 11) is -0.369. The number of pyridine rings is 1. The molecule has 0 spiro atoms. The highest BCUT2D eigenvalue weighted by atomic mass is 16.7. The van der Waals surface area contributed by atoms with Gasteiger partial charge in [0.15, 0.2) is 0 Å². The molecule has 1 aromatic carbocycles. The highest BCUT2D eigenvalue weighted by Crippen LogP contribution is 2.61. The predicted molar refractivity (Wildman–Crippen MR) is 116 cm³/mol. The number of benzene rings is 1. The van der Waals surface area contributed by atoms with E-state index in [9.17, 15) is 0 Å². The Labute approximate surface area is 173 Å². The topological polar surface area (TPSA) is 31.4 Å². The van der Waals surface area contributed by atoms with Crippen LogP contribution in [0.15, 0.2) is 60.8 Å². The van der Waals surface area contributed by atoms with Crippen molar-refractivity contribution in [1.82, 2.24) is 4.98 Å². The molecule has 1 aromatic heterocycles. The van der Waals surface area contributed by atoms with Crippen LogP contribution in [0.5, 0.6) is 0 Å². The van der Waals surface area contributed by atoms with Crippen molar-refractivity contribution in [1.29, 1.82) is 0 Å². The minimum Gasteiger partial charge on any atom is -0.399 e. The molecule has 0 radical (unpaired) electrons. The average molecular weight is 383 g/mol. The molecule has 1 saturated carbocycles. The van der Waals surface area contributed by atoms with E-state index >= 15 is 0 Å². The lowest BCUT2D eigenvalue weighted by molar-refractivity contribution is 0.00578. The number of allylic oxidation sites excluding steroid dienone is 4. The third kappa shape index (κ3) is 2.55. The summed E-state index contributed by atoms with van der Waals surface area (Å²) < 4.78 is 12.3. The molecule has 2 fully saturated rings. The van der Waals surface area contributed by atoms with Crippen LogP contribution >= 0.6 is 0 Å². The van der Waals surface area contributed by atoms with Crippen LogP contribution in [0.1, 0.15) is 50.7 Å². The minimum absolute atomic E-state index is 0.339. The molecule has 4 aliphatic carbocycles. The van der Waals surface area contributed by atoms with Gasteiger partial charge in [0.05, 0.1) is 16.9 Å². The zero-order valence-electron chi connectivity index (χ0n) is 17.4. The Morgan fingerprint density at radius 1 is 0.828 bits per heavy atom. The second kappa shape index (κ2) is 5.71. The van der Waals surface area contributed by atoms with Crippen molar-refractivity contribution in [2.75, 3.05) is 0 Å². The first-order valence-corrected chi connectivity index (χ1v) is 10.7. The summed E-state index contributed by atoms with van der Waals surface area (Å²) in [6.45, 7) is 8.30. The van der Waals surface area contributed by atoms with Gasteiger partial charge in [-0.2, -0.15) is 0 Å². The van der Waals surface area contributed by atoms with Gasteiger partial charge in [-0.3, -0.25) is 4.98 Å². The van der Waals surface area contributed by atoms with Crippen LogP contribution in [-0.4, -0.2) is 23.3 Å². The molecule has 29 heavy (non-hydrogen) atoms. The van der Waals surface area contributed by atoms with Crippen LogP contribution < -0.4 is 5.46 Å². The van der Waals surface area contributed by atoms with Gasteiger partial charge in [0.2, 0.25) is 0 Å². The number of hydrogen-bond donors (Lipinski definition) is 0. The van der Waals surface area contributed by atoms with E-state index in [4.69, 9.17) is 14.3 Å². The normalized spacial score (nSPS) is 32.1. The highest BCUT2D eigenvalue weighted by Gasteiger charge is 2.52. The lowest BCUT2D eigenvalue weighted by Gasteiger charge is -2.32. The zero-order chi connectivity index (χ0) is 20.0. The number of nitrogens with zero attached hydrogens (tertiary/aromatic N) is 1. The molecule has 3 nitrogen and oxygen atoms in total. The third-order valence-corrected chi connectivity index (χ3v) is 7.63. The fraction of sp³-hybridized carbons (Fsp3) is 0.400. The van der Waals surface area contributed by atoms with Crippen molar-refractivity contribution >= 4 is 12.6 Å². The van der Waals surface area contributed by atoms with Crippen molar-refractivity contribution in [2.24, 2.45) is 11.8 Å². The van der Waals surface area contributed by atoms with E-state index in [1.807, 2.05) is 6.20 Å². The van der Waals surface area contributed by atoms with Crippen molar-refractivity contribution in [3.8, 4) is 11.3 Å². The van der Waals surface area contributed by atoms with Gasteiger partial charge >= 0.3 is 7.12 Å². The smallest absolute Gasteiger partial charge is 0.399 e. The van der Waals surface area contributed by atoms with Gasteiger partial charge in [-0.15, -0.1) is 0 Å². The molecule has 5 aliphatic rings. The molecule has 1 saturated heterocycles. The molecule has 2 unspecified atom stereocenters. The summed E-state index contributed by atoms with van der Waals surface area (Å²) in [5.74, 6) is 2.49. The summed E-state index contributed by atoms with van der Waals surface area (Å²) in [6.07, 6.45) is 11.5. The van der Waals surface area contributed by atoms with Crippen molar-refractivity contribution < 1.29 is 9.31 Å². The summed E-state index contributed by atoms with van der Waals surface area (Å²) in [4.78, 5) is 4.76. The van der Waals surface area contributed by atoms with Crippen molar-refractivity contribution in [3.05, 3.63) is 72.0 Å². The number of hydrogen-bond acceptors (Lipinski definition) is 3. The molecule has 2 heterocycles. The molecule has 4 bridgehead atoms. The Kier molecular flexibility index (Phi) is 3.48. The van der Waals surface area contributed by atoms with E-state index in [-0.39, 0.29) is 18.3 Å². The molecule has 1 aliphatic heterocycles. The minimum atomic E-state index is -0.369. The summed E-state index contributed by atoms with van der Waals surface area (Å²) in [5, 5.41) is 0. The Balaban J connectivity index is 1.31. The van der Waals surface area contributed by atoms with Crippen LogP contribution in [0, 0.1) is 11.8 Å². The molecular weight excluding hydrogens is 357 g/mol. The van der Waals surface area contributed by atoms with Gasteiger partial charge in [-0.1, -0.05) is 42.5 Å². The Hall–Kier alpha value is -2.17. The molecule has 146 valence electrons. The van der Waals surface area contributed by atoms with Gasteiger partial charge in [0, 0.05) is 23.1 Å². The first-order chi connectivity index (χ1) is 13.8. The molecule has 7 rings (SSSR count). The highest BCUT2D eigenvalue weighted by molar-refractivity contribution is 6.62. The maximum atomic E-state index is 6.16. The summed E-state index contributed by atoms with van der Waals surface area (Å²) in [6, 6.07) is 11.1. The van der Waals surface area contributed by atoms with Crippen LogP contribution in [0.2, 0.25) is 0 Å². The Morgan fingerprint density at radius 3 is 2.14 bits per heavy atom. The predicted octanol–water partition coefficient (Wildman–Crippen LogP) is 4.60. The Bertz CT molecular complexity index is 1020. The molecule has 4 heteroatoms. The largest absolute Gasteiger partial charge is 0.496 e. The fourth-order valence-corrected chi connectivity index (χ4v) is 5.06. The van der Waals surface area contributed by atoms with Crippen LogP contribution in [0.4, 0.5) is 0 Å². The lowest BCUT2D eigenvalue weighted by Crippen LogP contribution is -2.41. The van der Waals surface area contributed by atoms with E-state index in [2.05, 4.69) is 82.3 Å². The monoisotopic (exact) mass is 383 g/mol. The second-order valence-corrected chi connectivity index (χ2v) is 9.88. The maximum absolute atomic E-state index is 6.16. The van der Waals surface area contributed by atoms with Crippen LogP contribution in [0.25, 0.3) is 11.3 Å². The Morgan fingerprint density at radius 2 is 1.52 bits per heavy atom. The van der Waals surface area contributed by atoms with E-state index in [1.54, 1.807) is 0 Å². The number of aromatic nitrogens is 1. The molecule has 2 atom stereocenters. The molecule has 2 aromatic rings. The van der Waals surface area contributed by atoms with Crippen molar-refractivity contribution in [3.63, 3.8) is 0 Å². The van der Waals surface area contributed by atoms with Crippen molar-refractivity contribution in [2.45, 2.75) is 50.7 Å². The van der Waals surface area contributed by atoms with E-state index in [0.717, 1.165) is 11.2 Å². The van der Waals surface area contributed by atoms with Gasteiger partial charge in [0.1, 0.15) is 0 Å². The van der Waals surface area contributed by atoms with E-state index in [0.29, 0.717) is 23.7 Å². The third-order valence-electron chi connectivity index (χ3n) is 7.63. The average Bonchev–Trinajstić information content (AvgIpc) is 3.41. The molecule has 0 amide bonds. The first-order valence-electron chi connectivity index (χ1n) is 10.7. The SMILES string of the molecule is CC1(C)OB(c2ccc(-c3ccc4c(c3)C3C=CC5C(C=C3)C45)nc2)OC1(C)C. The lowest BCUT2D eigenvalue weighted by atomic mass is 9.80. The van der Waals surface area contributed by atoms with Gasteiger partial charge < -0.3 is 9.31 Å². The van der Waals surface area contributed by atoms with E-state index < -0.39 is 0 Å². The summed E-state index contributed by atoms with van der Waals surface area (Å²) >= 11 is 0. The second-order valence-electron chi connectivity index (χ2n) is 9.88.